The smallest absolute Gasteiger partial charge is 0.373 e. The minimum absolute atomic E-state index is 0.250. The van der Waals surface area contributed by atoms with E-state index in [4.69, 9.17) is 9.59 Å². The van der Waals surface area contributed by atoms with Crippen molar-refractivity contribution in [1.82, 2.24) is 9.55 Å². The molecule has 0 aliphatic carbocycles. The van der Waals surface area contributed by atoms with Gasteiger partial charge in [0.15, 0.2) is 6.10 Å². The summed E-state index contributed by atoms with van der Waals surface area (Å²) in [4.78, 5) is 20.4. The van der Waals surface area contributed by atoms with E-state index in [2.05, 4.69) is 16.8 Å². The highest BCUT2D eigenvalue weighted by atomic mass is 16.3. The number of imidazole rings is 1. The molecule has 5 heteroatoms. The summed E-state index contributed by atoms with van der Waals surface area (Å²) in [6.45, 7) is 3.58. The highest BCUT2D eigenvalue weighted by Gasteiger charge is 2.07. The van der Waals surface area contributed by atoms with Gasteiger partial charge in [-0.05, 0) is 13.8 Å². The zero-order chi connectivity index (χ0) is 11.8. The summed E-state index contributed by atoms with van der Waals surface area (Å²) in [6, 6.07) is 0. The fourth-order valence-electron chi connectivity index (χ4n) is 0.929. The zero-order valence-corrected chi connectivity index (χ0v) is 8.81. The van der Waals surface area contributed by atoms with E-state index in [0.29, 0.717) is 5.69 Å². The minimum Gasteiger partial charge on any atom is -0.374 e. The topological polar surface area (TPSA) is 72.2 Å². The van der Waals surface area contributed by atoms with Crippen molar-refractivity contribution in [2.24, 2.45) is 7.05 Å². The molecule has 5 nitrogen and oxygen atoms in total. The molecule has 1 aromatic heterocycles. The summed E-state index contributed by atoms with van der Waals surface area (Å²) in [7, 11) is 1.89. The molecule has 1 heterocycles. The zero-order valence-electron chi connectivity index (χ0n) is 8.81. The maximum atomic E-state index is 9.41. The van der Waals surface area contributed by atoms with Gasteiger partial charge in [0.2, 0.25) is 0 Å². The molecule has 0 saturated carbocycles. The lowest BCUT2D eigenvalue weighted by Gasteiger charge is -1.95. The fraction of sp³-hybridized carbons (Fsp3) is 0.400. The first-order valence-electron chi connectivity index (χ1n) is 4.16. The minimum atomic E-state index is -0.755. The van der Waals surface area contributed by atoms with Crippen molar-refractivity contribution in [3.8, 4) is 11.8 Å². The van der Waals surface area contributed by atoms with Crippen molar-refractivity contribution in [2.75, 3.05) is 0 Å². The summed E-state index contributed by atoms with van der Waals surface area (Å²) in [6.07, 6.45) is 1.28. The van der Waals surface area contributed by atoms with E-state index in [9.17, 15) is 5.11 Å². The van der Waals surface area contributed by atoms with Gasteiger partial charge in [0, 0.05) is 13.2 Å². The van der Waals surface area contributed by atoms with Crippen LogP contribution in [0.1, 0.15) is 24.5 Å². The second-order valence-corrected chi connectivity index (χ2v) is 2.70. The largest absolute Gasteiger partial charge is 0.374 e. The predicted octanol–water partition coefficient (Wildman–Crippen LogP) is 0.202. The molecule has 1 N–H and O–H groups in total. The van der Waals surface area contributed by atoms with Crippen LogP contribution in [0.2, 0.25) is 0 Å². The quantitative estimate of drug-likeness (QED) is 0.669. The van der Waals surface area contributed by atoms with Gasteiger partial charge in [-0.1, -0.05) is 5.92 Å². The summed E-state index contributed by atoms with van der Waals surface area (Å²) in [5.74, 6) is 6.15. The maximum absolute atomic E-state index is 9.41. The van der Waals surface area contributed by atoms with E-state index in [-0.39, 0.29) is 6.15 Å². The van der Waals surface area contributed by atoms with E-state index in [1.165, 1.54) is 0 Å². The van der Waals surface area contributed by atoms with Gasteiger partial charge in [-0.25, -0.2) is 4.98 Å². The van der Waals surface area contributed by atoms with Gasteiger partial charge in [-0.2, -0.15) is 9.59 Å². The van der Waals surface area contributed by atoms with Crippen LogP contribution in [-0.2, 0) is 16.6 Å². The molecule has 0 saturated heterocycles. The lowest BCUT2D eigenvalue weighted by atomic mass is 10.3. The Kier molecular flexibility index (Phi) is 5.72. The summed E-state index contributed by atoms with van der Waals surface area (Å²) >= 11 is 0. The Morgan fingerprint density at radius 2 is 2.07 bits per heavy atom. The van der Waals surface area contributed by atoms with Gasteiger partial charge in [-0.15, -0.1) is 5.92 Å². The van der Waals surface area contributed by atoms with Crippen LogP contribution in [0.25, 0.3) is 0 Å². The summed E-state index contributed by atoms with van der Waals surface area (Å²) in [5, 5.41) is 9.41. The predicted molar refractivity (Wildman–Crippen MR) is 51.4 cm³/mol. The Labute approximate surface area is 87.7 Å². The molecule has 0 radical (unpaired) electrons. The highest BCUT2D eigenvalue weighted by molar-refractivity contribution is 5.20. The normalized spacial score (nSPS) is 10.1. The van der Waals surface area contributed by atoms with Crippen molar-refractivity contribution >= 4 is 6.15 Å². The van der Waals surface area contributed by atoms with E-state index in [0.717, 1.165) is 5.82 Å². The molecule has 0 bridgehead atoms. The molecule has 0 aliphatic heterocycles. The van der Waals surface area contributed by atoms with E-state index < -0.39 is 6.10 Å². The van der Waals surface area contributed by atoms with Gasteiger partial charge < -0.3 is 9.67 Å². The number of aryl methyl sites for hydroxylation is 2. The maximum Gasteiger partial charge on any atom is 0.373 e. The molecule has 0 amide bonds. The molecule has 1 aromatic rings. The number of aliphatic hydroxyl groups is 1. The van der Waals surface area contributed by atoms with Gasteiger partial charge in [-0.3, -0.25) is 0 Å². The van der Waals surface area contributed by atoms with Crippen molar-refractivity contribution < 1.29 is 14.7 Å². The third-order valence-electron chi connectivity index (χ3n) is 1.69. The second kappa shape index (κ2) is 6.55. The Balaban J connectivity index is 0.000000583. The monoisotopic (exact) mass is 208 g/mol. The Morgan fingerprint density at radius 3 is 2.40 bits per heavy atom. The number of aliphatic hydroxyl groups excluding tert-OH is 1. The highest BCUT2D eigenvalue weighted by Crippen LogP contribution is 2.09. The molecule has 1 rings (SSSR count). The van der Waals surface area contributed by atoms with Crippen LogP contribution < -0.4 is 0 Å². The lowest BCUT2D eigenvalue weighted by molar-refractivity contribution is -0.191. The average molecular weight is 208 g/mol. The Morgan fingerprint density at radius 1 is 1.53 bits per heavy atom. The van der Waals surface area contributed by atoms with Crippen LogP contribution in [0.4, 0.5) is 0 Å². The van der Waals surface area contributed by atoms with Crippen LogP contribution in [0.5, 0.6) is 0 Å². The van der Waals surface area contributed by atoms with Crippen molar-refractivity contribution in [3.05, 3.63) is 17.7 Å². The van der Waals surface area contributed by atoms with Crippen LogP contribution in [0.3, 0.4) is 0 Å². The summed E-state index contributed by atoms with van der Waals surface area (Å²) < 4.78 is 1.86. The molecular weight excluding hydrogens is 196 g/mol. The number of carbonyl (C=O) groups excluding carboxylic acids is 2. The molecule has 0 spiro atoms. The third kappa shape index (κ3) is 4.23. The fourth-order valence-corrected chi connectivity index (χ4v) is 0.929. The van der Waals surface area contributed by atoms with Crippen molar-refractivity contribution in [3.63, 3.8) is 0 Å². The SMILES string of the molecule is CC#CC(O)c1cn(C)c(C)n1.O=C=O. The molecule has 15 heavy (non-hydrogen) atoms. The molecule has 0 aromatic carbocycles. The Bertz CT molecular complexity index is 387. The van der Waals surface area contributed by atoms with Crippen LogP contribution in [0.15, 0.2) is 6.20 Å². The molecule has 1 unspecified atom stereocenters. The average Bonchev–Trinajstić information content (AvgIpc) is 2.49. The summed E-state index contributed by atoms with van der Waals surface area (Å²) in [5.41, 5.74) is 0.615. The molecular formula is C10H12N2O3. The second-order valence-electron chi connectivity index (χ2n) is 2.70. The van der Waals surface area contributed by atoms with Crippen LogP contribution in [0, 0.1) is 18.8 Å². The number of hydrogen-bond acceptors (Lipinski definition) is 4. The van der Waals surface area contributed by atoms with Gasteiger partial charge in [0.05, 0.1) is 5.69 Å². The number of rotatable bonds is 1. The number of nitrogens with zero attached hydrogens (tertiary/aromatic N) is 2. The van der Waals surface area contributed by atoms with E-state index >= 15 is 0 Å². The first-order chi connectivity index (χ1) is 7.06. The van der Waals surface area contributed by atoms with Gasteiger partial charge >= 0.3 is 6.15 Å². The Hall–Kier alpha value is -1.89. The molecule has 0 fully saturated rings. The first kappa shape index (κ1) is 13.1. The van der Waals surface area contributed by atoms with E-state index in [1.807, 2.05) is 18.5 Å². The van der Waals surface area contributed by atoms with Gasteiger partial charge in [0.1, 0.15) is 5.82 Å². The van der Waals surface area contributed by atoms with Crippen LogP contribution >= 0.6 is 0 Å². The molecule has 80 valence electrons. The first-order valence-corrected chi connectivity index (χ1v) is 4.16. The van der Waals surface area contributed by atoms with Crippen molar-refractivity contribution in [2.45, 2.75) is 20.0 Å². The number of hydrogen-bond donors (Lipinski definition) is 1. The third-order valence-corrected chi connectivity index (χ3v) is 1.69. The molecule has 1 atom stereocenters. The van der Waals surface area contributed by atoms with Crippen molar-refractivity contribution in [1.29, 1.82) is 0 Å². The molecule has 0 aliphatic rings. The standard InChI is InChI=1S/C9H12N2O.CO2/c1-4-5-9(12)8-6-11(3)7(2)10-8;2-1-3/h6,9,12H,1-3H3;. The van der Waals surface area contributed by atoms with Crippen LogP contribution in [-0.4, -0.2) is 20.8 Å². The lowest BCUT2D eigenvalue weighted by Crippen LogP contribution is -1.93. The number of aromatic nitrogens is 2. The van der Waals surface area contributed by atoms with E-state index in [1.54, 1.807) is 13.1 Å². The van der Waals surface area contributed by atoms with Gasteiger partial charge in [0.25, 0.3) is 0 Å².